The lowest BCUT2D eigenvalue weighted by molar-refractivity contribution is -0.134. The summed E-state index contributed by atoms with van der Waals surface area (Å²) >= 11 is 0. The second kappa shape index (κ2) is 8.34. The normalized spacial score (nSPS) is 14.7. The predicted molar refractivity (Wildman–Crippen MR) is 89.4 cm³/mol. The number of benzene rings is 1. The zero-order chi connectivity index (χ0) is 17.5. The molecular weight excluding hydrogens is 306 g/mol. The topological polar surface area (TPSA) is 73.6 Å². The van der Waals surface area contributed by atoms with Gasteiger partial charge in [-0.1, -0.05) is 17.7 Å². The van der Waals surface area contributed by atoms with E-state index < -0.39 is 0 Å². The van der Waals surface area contributed by atoms with E-state index >= 15 is 0 Å². The quantitative estimate of drug-likeness (QED) is 0.842. The number of hydrogen-bond donors (Lipinski definition) is 0. The molecule has 1 aliphatic rings. The van der Waals surface area contributed by atoms with Crippen LogP contribution in [0.1, 0.15) is 24.0 Å². The Kier molecular flexibility index (Phi) is 6.19. The monoisotopic (exact) mass is 329 g/mol. The van der Waals surface area contributed by atoms with Gasteiger partial charge in [-0.25, -0.2) is 0 Å². The number of ether oxygens (including phenoxy) is 1. The number of carbonyl (C=O) groups excluding carboxylic acids is 2. The van der Waals surface area contributed by atoms with Gasteiger partial charge in [-0.15, -0.1) is 0 Å². The van der Waals surface area contributed by atoms with Crippen molar-refractivity contribution in [3.8, 4) is 11.8 Å². The van der Waals surface area contributed by atoms with Gasteiger partial charge in [0.1, 0.15) is 12.2 Å². The maximum atomic E-state index is 12.3. The van der Waals surface area contributed by atoms with E-state index in [1.165, 1.54) is 0 Å². The summed E-state index contributed by atoms with van der Waals surface area (Å²) in [5.41, 5.74) is 2.16. The van der Waals surface area contributed by atoms with Crippen molar-refractivity contribution in [2.24, 2.45) is 0 Å². The second-order valence-corrected chi connectivity index (χ2v) is 6.01. The Hall–Kier alpha value is -2.55. The van der Waals surface area contributed by atoms with Gasteiger partial charge in [0.05, 0.1) is 6.07 Å². The molecular formula is C18H23N3O3. The third-order valence-electron chi connectivity index (χ3n) is 4.11. The Morgan fingerprint density at radius 3 is 2.42 bits per heavy atom. The zero-order valence-corrected chi connectivity index (χ0v) is 14.2. The Morgan fingerprint density at radius 2 is 1.79 bits per heavy atom. The zero-order valence-electron chi connectivity index (χ0n) is 14.2. The maximum absolute atomic E-state index is 12.3. The first-order valence-electron chi connectivity index (χ1n) is 8.14. The van der Waals surface area contributed by atoms with Crippen LogP contribution >= 0.6 is 0 Å². The highest BCUT2D eigenvalue weighted by molar-refractivity contribution is 5.79. The lowest BCUT2D eigenvalue weighted by Gasteiger charge is -2.22. The molecule has 1 aliphatic heterocycles. The average Bonchev–Trinajstić information content (AvgIpc) is 2.80. The summed E-state index contributed by atoms with van der Waals surface area (Å²) < 4.78 is 5.65. The van der Waals surface area contributed by atoms with Gasteiger partial charge < -0.3 is 14.5 Å². The summed E-state index contributed by atoms with van der Waals surface area (Å²) in [6.07, 6.45) is 0.607. The average molecular weight is 329 g/mol. The molecule has 0 aromatic heterocycles. The molecule has 0 N–H and O–H groups in total. The van der Waals surface area contributed by atoms with Crippen LogP contribution in [-0.2, 0) is 9.59 Å². The number of nitrogens with zero attached hydrogens (tertiary/aromatic N) is 3. The lowest BCUT2D eigenvalue weighted by atomic mass is 10.1. The van der Waals surface area contributed by atoms with Crippen LogP contribution in [0, 0.1) is 25.2 Å². The fourth-order valence-electron chi connectivity index (χ4n) is 2.79. The van der Waals surface area contributed by atoms with Gasteiger partial charge in [0.2, 0.25) is 5.91 Å². The van der Waals surface area contributed by atoms with Crippen molar-refractivity contribution in [1.82, 2.24) is 9.80 Å². The molecule has 6 heteroatoms. The fourth-order valence-corrected chi connectivity index (χ4v) is 2.79. The van der Waals surface area contributed by atoms with Crippen LogP contribution in [0.2, 0.25) is 0 Å². The second-order valence-electron chi connectivity index (χ2n) is 6.01. The van der Waals surface area contributed by atoms with Crippen LogP contribution in [0.5, 0.6) is 5.75 Å². The summed E-state index contributed by atoms with van der Waals surface area (Å²) in [5.74, 6) is 0.470. The van der Waals surface area contributed by atoms with Crippen molar-refractivity contribution in [1.29, 1.82) is 5.26 Å². The van der Waals surface area contributed by atoms with Crippen LogP contribution in [0.25, 0.3) is 0 Å². The van der Waals surface area contributed by atoms with Gasteiger partial charge in [-0.3, -0.25) is 9.59 Å². The Balaban J connectivity index is 1.86. The molecule has 0 unspecified atom stereocenters. The van der Waals surface area contributed by atoms with E-state index in [9.17, 15) is 9.59 Å². The minimum atomic E-state index is -0.168. The minimum absolute atomic E-state index is 0.00393. The SMILES string of the molecule is Cc1ccc(OCC(=O)N2CCCN(C(=O)CC#N)CC2)c(C)c1. The van der Waals surface area contributed by atoms with E-state index in [1.54, 1.807) is 9.80 Å². The molecule has 1 saturated heterocycles. The molecule has 1 aromatic carbocycles. The van der Waals surface area contributed by atoms with Crippen molar-refractivity contribution in [2.75, 3.05) is 32.8 Å². The van der Waals surface area contributed by atoms with Crippen LogP contribution in [0.3, 0.4) is 0 Å². The van der Waals surface area contributed by atoms with Crippen molar-refractivity contribution >= 4 is 11.8 Å². The van der Waals surface area contributed by atoms with Crippen molar-refractivity contribution in [3.05, 3.63) is 29.3 Å². The van der Waals surface area contributed by atoms with Gasteiger partial charge in [-0.2, -0.15) is 5.26 Å². The Bertz CT molecular complexity index is 651. The molecule has 2 rings (SSSR count). The van der Waals surface area contributed by atoms with E-state index in [1.807, 2.05) is 38.1 Å². The minimum Gasteiger partial charge on any atom is -0.484 e. The third kappa shape index (κ3) is 4.72. The van der Waals surface area contributed by atoms with Crippen LogP contribution in [0.4, 0.5) is 0 Å². The summed E-state index contributed by atoms with van der Waals surface area (Å²) in [6.45, 7) is 6.10. The first kappa shape index (κ1) is 17.8. The van der Waals surface area contributed by atoms with Crippen molar-refractivity contribution in [3.63, 3.8) is 0 Å². The summed E-state index contributed by atoms with van der Waals surface area (Å²) in [5, 5.41) is 8.62. The van der Waals surface area contributed by atoms with E-state index in [-0.39, 0.29) is 24.8 Å². The maximum Gasteiger partial charge on any atom is 0.260 e. The molecule has 0 spiro atoms. The number of carbonyl (C=O) groups is 2. The first-order valence-corrected chi connectivity index (χ1v) is 8.14. The number of nitriles is 1. The number of aryl methyl sites for hydroxylation is 2. The molecule has 0 saturated carbocycles. The van der Waals surface area contributed by atoms with Gasteiger partial charge in [0.15, 0.2) is 6.61 Å². The highest BCUT2D eigenvalue weighted by atomic mass is 16.5. The van der Waals surface area contributed by atoms with Crippen LogP contribution in [0.15, 0.2) is 18.2 Å². The highest BCUT2D eigenvalue weighted by Gasteiger charge is 2.22. The molecule has 0 radical (unpaired) electrons. The van der Waals surface area contributed by atoms with Gasteiger partial charge in [-0.05, 0) is 31.9 Å². The molecule has 24 heavy (non-hydrogen) atoms. The van der Waals surface area contributed by atoms with Gasteiger partial charge >= 0.3 is 0 Å². The molecule has 1 aromatic rings. The predicted octanol–water partition coefficient (Wildman–Crippen LogP) is 1.66. The van der Waals surface area contributed by atoms with Crippen molar-refractivity contribution in [2.45, 2.75) is 26.7 Å². The lowest BCUT2D eigenvalue weighted by Crippen LogP contribution is -2.39. The molecule has 0 aliphatic carbocycles. The van der Waals surface area contributed by atoms with E-state index in [4.69, 9.17) is 10.00 Å². The first-order chi connectivity index (χ1) is 11.5. The van der Waals surface area contributed by atoms with Gasteiger partial charge in [0, 0.05) is 26.2 Å². The van der Waals surface area contributed by atoms with E-state index in [0.29, 0.717) is 32.6 Å². The molecule has 0 bridgehead atoms. The Labute approximate surface area is 142 Å². The van der Waals surface area contributed by atoms with Crippen molar-refractivity contribution < 1.29 is 14.3 Å². The van der Waals surface area contributed by atoms with Gasteiger partial charge in [0.25, 0.3) is 5.91 Å². The van der Waals surface area contributed by atoms with E-state index in [0.717, 1.165) is 16.9 Å². The van der Waals surface area contributed by atoms with E-state index in [2.05, 4.69) is 0 Å². The molecule has 128 valence electrons. The number of rotatable bonds is 4. The molecule has 1 fully saturated rings. The molecule has 2 amide bonds. The fraction of sp³-hybridized carbons (Fsp3) is 0.500. The summed E-state index contributed by atoms with van der Waals surface area (Å²) in [4.78, 5) is 27.5. The summed E-state index contributed by atoms with van der Waals surface area (Å²) in [7, 11) is 0. The number of amides is 2. The molecule has 0 atom stereocenters. The largest absolute Gasteiger partial charge is 0.484 e. The molecule has 6 nitrogen and oxygen atoms in total. The number of hydrogen-bond acceptors (Lipinski definition) is 4. The Morgan fingerprint density at radius 1 is 1.12 bits per heavy atom. The molecule has 1 heterocycles. The summed E-state index contributed by atoms with van der Waals surface area (Å²) in [6, 6.07) is 7.73. The third-order valence-corrected chi connectivity index (χ3v) is 4.11. The standard InChI is InChI=1S/C18H23N3O3/c1-14-4-5-16(15(2)12-14)24-13-18(23)21-9-3-8-20(10-11-21)17(22)6-7-19/h4-5,12H,3,6,8-11,13H2,1-2H3. The van der Waals surface area contributed by atoms with Crippen LogP contribution in [-0.4, -0.2) is 54.4 Å². The smallest absolute Gasteiger partial charge is 0.260 e. The van der Waals surface area contributed by atoms with Crippen LogP contribution < -0.4 is 4.74 Å². The highest BCUT2D eigenvalue weighted by Crippen LogP contribution is 2.18.